The number of benzene rings is 2. The zero-order chi connectivity index (χ0) is 28.0. The molecule has 1 atom stereocenters. The first-order chi connectivity index (χ1) is 18.5. The first-order valence-corrected chi connectivity index (χ1v) is 12.3. The van der Waals surface area contributed by atoms with Crippen molar-refractivity contribution in [3.05, 3.63) is 64.4 Å². The molecule has 208 valence electrons. The lowest BCUT2D eigenvalue weighted by Gasteiger charge is -2.26. The van der Waals surface area contributed by atoms with Gasteiger partial charge in [0.1, 0.15) is 5.75 Å². The highest BCUT2D eigenvalue weighted by Gasteiger charge is 2.31. The van der Waals surface area contributed by atoms with Crippen LogP contribution < -0.4 is 26.4 Å². The Kier molecular flexibility index (Phi) is 8.38. The Hall–Kier alpha value is -4.13. The fraction of sp³-hybridized carbons (Fsp3) is 0.385. The maximum Gasteiger partial charge on any atom is 0.573 e. The minimum absolute atomic E-state index is 0.112. The smallest absolute Gasteiger partial charge is 0.406 e. The van der Waals surface area contributed by atoms with Crippen LogP contribution in [-0.2, 0) is 9.63 Å². The maximum absolute atomic E-state index is 12.4. The van der Waals surface area contributed by atoms with Gasteiger partial charge in [-0.2, -0.15) is 5.10 Å². The van der Waals surface area contributed by atoms with Gasteiger partial charge in [-0.1, -0.05) is 44.2 Å². The number of nitrogens with one attached hydrogen (secondary N) is 4. The Morgan fingerprint density at radius 2 is 1.79 bits per heavy atom. The number of aromatic nitrogens is 2. The number of hydrogen-bond acceptors (Lipinski definition) is 8. The molecule has 2 heterocycles. The second-order valence-corrected chi connectivity index (χ2v) is 9.86. The molecule has 2 aromatic carbocycles. The second kappa shape index (κ2) is 11.7. The van der Waals surface area contributed by atoms with Gasteiger partial charge in [-0.25, -0.2) is 10.1 Å². The van der Waals surface area contributed by atoms with Gasteiger partial charge in [0.2, 0.25) is 11.8 Å². The number of hydrogen-bond donors (Lipinski definition) is 4. The highest BCUT2D eigenvalue weighted by atomic mass is 19.4. The van der Waals surface area contributed by atoms with Crippen LogP contribution >= 0.6 is 0 Å². The predicted octanol–water partition coefficient (Wildman–Crippen LogP) is 4.18. The third-order valence-corrected chi connectivity index (χ3v) is 5.98. The van der Waals surface area contributed by atoms with E-state index in [2.05, 4.69) is 36.0 Å². The van der Waals surface area contributed by atoms with Gasteiger partial charge < -0.3 is 20.2 Å². The van der Waals surface area contributed by atoms with Crippen LogP contribution in [0.3, 0.4) is 0 Å². The summed E-state index contributed by atoms with van der Waals surface area (Å²) in [4.78, 5) is 34.1. The average molecular weight is 547 g/mol. The van der Waals surface area contributed by atoms with E-state index in [9.17, 15) is 22.8 Å². The molecule has 0 radical (unpaired) electrons. The maximum atomic E-state index is 12.4. The van der Waals surface area contributed by atoms with Gasteiger partial charge in [0.05, 0.1) is 5.39 Å². The van der Waals surface area contributed by atoms with Crippen molar-refractivity contribution in [3.8, 4) is 5.75 Å². The van der Waals surface area contributed by atoms with Crippen LogP contribution in [0.25, 0.3) is 10.8 Å². The topological polar surface area (TPSA) is 130 Å². The Morgan fingerprint density at radius 1 is 1.08 bits per heavy atom. The normalized spacial score (nSPS) is 15.5. The fourth-order valence-corrected chi connectivity index (χ4v) is 3.89. The molecule has 4 N–H and O–H groups in total. The van der Waals surface area contributed by atoms with Gasteiger partial charge in [0.15, 0.2) is 12.0 Å². The minimum Gasteiger partial charge on any atom is -0.406 e. The second-order valence-electron chi connectivity index (χ2n) is 9.86. The SMILES string of the molecule is CC(C)(CNC(=O)CCCC1=NC(c2ccc(OC(F)(F)F)cc2)NO1)CNc1n[nH]c(=O)c2ccccc12. The van der Waals surface area contributed by atoms with Gasteiger partial charge in [0, 0.05) is 31.3 Å². The molecule has 0 saturated heterocycles. The van der Waals surface area contributed by atoms with Crippen LogP contribution in [0.2, 0.25) is 0 Å². The van der Waals surface area contributed by atoms with Crippen LogP contribution in [-0.4, -0.2) is 41.5 Å². The van der Waals surface area contributed by atoms with Crippen molar-refractivity contribution in [1.29, 1.82) is 0 Å². The van der Waals surface area contributed by atoms with Crippen molar-refractivity contribution in [2.45, 2.75) is 45.6 Å². The van der Waals surface area contributed by atoms with E-state index in [1.807, 2.05) is 26.0 Å². The Labute approximate surface area is 221 Å². The fourth-order valence-electron chi connectivity index (χ4n) is 3.89. The number of aromatic amines is 1. The predicted molar refractivity (Wildman–Crippen MR) is 139 cm³/mol. The lowest BCUT2D eigenvalue weighted by atomic mass is 9.93. The van der Waals surface area contributed by atoms with Gasteiger partial charge >= 0.3 is 6.36 Å². The Balaban J connectivity index is 1.19. The third-order valence-electron chi connectivity index (χ3n) is 5.98. The molecule has 0 fully saturated rings. The summed E-state index contributed by atoms with van der Waals surface area (Å²) < 4.78 is 40.8. The van der Waals surface area contributed by atoms with E-state index in [0.717, 1.165) is 5.39 Å². The van der Waals surface area contributed by atoms with Crippen molar-refractivity contribution >= 4 is 28.4 Å². The minimum atomic E-state index is -4.75. The molecule has 0 spiro atoms. The molecule has 0 saturated carbocycles. The van der Waals surface area contributed by atoms with Crippen LogP contribution in [0.5, 0.6) is 5.75 Å². The van der Waals surface area contributed by atoms with Crippen molar-refractivity contribution in [3.63, 3.8) is 0 Å². The molecule has 39 heavy (non-hydrogen) atoms. The third kappa shape index (κ3) is 7.93. The molecule has 0 bridgehead atoms. The number of alkyl halides is 3. The van der Waals surface area contributed by atoms with Gasteiger partial charge in [-0.15, -0.1) is 18.7 Å². The van der Waals surface area contributed by atoms with E-state index in [1.165, 1.54) is 24.3 Å². The molecule has 1 amide bonds. The van der Waals surface area contributed by atoms with E-state index < -0.39 is 12.5 Å². The summed E-state index contributed by atoms with van der Waals surface area (Å²) in [5.74, 6) is 0.549. The van der Waals surface area contributed by atoms with E-state index in [-0.39, 0.29) is 29.1 Å². The van der Waals surface area contributed by atoms with Crippen LogP contribution in [0, 0.1) is 5.41 Å². The number of fused-ring (bicyclic) bond motifs is 1. The molecule has 1 aliphatic heterocycles. The van der Waals surface area contributed by atoms with Gasteiger partial charge in [0.25, 0.3) is 5.56 Å². The summed E-state index contributed by atoms with van der Waals surface area (Å²) in [5.41, 5.74) is 2.77. The summed E-state index contributed by atoms with van der Waals surface area (Å²) in [6.45, 7) is 4.94. The number of H-pyrrole nitrogens is 1. The molecular weight excluding hydrogens is 517 g/mol. The molecule has 3 aromatic rings. The molecule has 0 aliphatic carbocycles. The zero-order valence-corrected chi connectivity index (χ0v) is 21.4. The number of aliphatic imine (C=N–C) groups is 1. The number of ether oxygens (including phenoxy) is 1. The molecule has 1 aliphatic rings. The van der Waals surface area contributed by atoms with Crippen LogP contribution in [0.1, 0.15) is 44.8 Å². The van der Waals surface area contributed by atoms with Crippen molar-refractivity contribution in [2.75, 3.05) is 18.4 Å². The highest BCUT2D eigenvalue weighted by Crippen LogP contribution is 2.26. The monoisotopic (exact) mass is 546 g/mol. The zero-order valence-electron chi connectivity index (χ0n) is 21.4. The highest BCUT2D eigenvalue weighted by molar-refractivity contribution is 5.90. The molecule has 13 heteroatoms. The van der Waals surface area contributed by atoms with Crippen molar-refractivity contribution < 1.29 is 27.5 Å². The quantitative estimate of drug-likeness (QED) is 0.284. The van der Waals surface area contributed by atoms with E-state index >= 15 is 0 Å². The van der Waals surface area contributed by atoms with E-state index in [1.54, 1.807) is 12.1 Å². The Bertz CT molecular complexity index is 1390. The lowest BCUT2D eigenvalue weighted by Crippen LogP contribution is -2.38. The molecule has 10 nitrogen and oxygen atoms in total. The first kappa shape index (κ1) is 27.9. The first-order valence-electron chi connectivity index (χ1n) is 12.3. The van der Waals surface area contributed by atoms with E-state index in [4.69, 9.17) is 4.84 Å². The number of halogens is 3. The summed E-state index contributed by atoms with van der Waals surface area (Å²) in [6.07, 6.45) is -4.12. The van der Waals surface area contributed by atoms with E-state index in [0.29, 0.717) is 48.6 Å². The number of carbonyl (C=O) groups excluding carboxylic acids is 1. The average Bonchev–Trinajstić information content (AvgIpc) is 3.36. The number of carbonyl (C=O) groups is 1. The van der Waals surface area contributed by atoms with Crippen LogP contribution in [0.4, 0.5) is 19.0 Å². The number of hydroxylamine groups is 1. The summed E-state index contributed by atoms with van der Waals surface area (Å²) >= 11 is 0. The summed E-state index contributed by atoms with van der Waals surface area (Å²) in [7, 11) is 0. The standard InChI is InChI=1S/C26H29F3N6O4/c1-25(2,15-31-23-18-6-3-4-7-19(18)24(37)34-33-23)14-30-20(36)8-5-9-21-32-22(35-39-21)16-10-12-17(13-11-16)38-26(27,28)29/h3-4,6-7,10-13,22,35H,5,8-9,14-15H2,1-2H3,(H,30,36)(H,31,33)(H,34,37). The Morgan fingerprint density at radius 3 is 2.51 bits per heavy atom. The molecule has 1 unspecified atom stereocenters. The molecular formula is C26H29F3N6O4. The number of nitrogens with zero attached hydrogens (tertiary/aromatic N) is 2. The number of anilines is 1. The number of amides is 1. The molecule has 1 aromatic heterocycles. The number of rotatable bonds is 11. The summed E-state index contributed by atoms with van der Waals surface area (Å²) in [6, 6.07) is 12.5. The van der Waals surface area contributed by atoms with Crippen molar-refractivity contribution in [1.82, 2.24) is 21.0 Å². The summed E-state index contributed by atoms with van der Waals surface area (Å²) in [5, 5.41) is 14.1. The largest absolute Gasteiger partial charge is 0.573 e. The van der Waals surface area contributed by atoms with Crippen LogP contribution in [0.15, 0.2) is 58.3 Å². The lowest BCUT2D eigenvalue weighted by molar-refractivity contribution is -0.274. The van der Waals surface area contributed by atoms with Gasteiger partial charge in [-0.05, 0) is 35.6 Å². The molecule has 4 rings (SSSR count). The van der Waals surface area contributed by atoms with Crippen molar-refractivity contribution in [2.24, 2.45) is 10.4 Å². The van der Waals surface area contributed by atoms with Gasteiger partial charge in [-0.3, -0.25) is 9.59 Å².